The van der Waals surface area contributed by atoms with Crippen molar-refractivity contribution in [1.29, 1.82) is 0 Å². The summed E-state index contributed by atoms with van der Waals surface area (Å²) in [5.41, 5.74) is 0.906. The van der Waals surface area contributed by atoms with Crippen LogP contribution in [0.3, 0.4) is 0 Å². The highest BCUT2D eigenvalue weighted by molar-refractivity contribution is 6.19. The maximum absolute atomic E-state index is 5.36. The quantitative estimate of drug-likeness (QED) is 0.403. The number of aryl methyl sites for hydroxylation is 1. The van der Waals surface area contributed by atoms with Crippen molar-refractivity contribution >= 4 is 11.6 Å². The summed E-state index contributed by atoms with van der Waals surface area (Å²) >= 11 is 5.36. The van der Waals surface area contributed by atoms with Gasteiger partial charge < -0.3 is 0 Å². The second-order valence-electron chi connectivity index (χ2n) is 1.84. The molecule has 1 heterocycles. The molecule has 0 aromatic carbocycles. The second kappa shape index (κ2) is 3.28. The molecule has 0 saturated carbocycles. The van der Waals surface area contributed by atoms with Gasteiger partial charge in [0.2, 0.25) is 0 Å². The van der Waals surface area contributed by atoms with Crippen molar-refractivity contribution in [2.45, 2.75) is 0 Å². The molecule has 2 nitrogen and oxygen atoms in total. The van der Waals surface area contributed by atoms with Gasteiger partial charge in [-0.3, -0.25) is 4.68 Å². The number of rotatable bonds is 0. The molecule has 0 aliphatic rings. The van der Waals surface area contributed by atoms with Crippen molar-refractivity contribution in [2.24, 2.45) is 7.05 Å². The molecule has 0 spiro atoms. The summed E-state index contributed by atoms with van der Waals surface area (Å²) in [6.45, 7) is 0. The Balaban J connectivity index is 2.76. The maximum atomic E-state index is 5.36. The first kappa shape index (κ1) is 7.17. The Morgan fingerprint density at radius 1 is 1.80 bits per heavy atom. The summed E-state index contributed by atoms with van der Waals surface area (Å²) in [5.74, 6) is 5.96. The smallest absolute Gasteiger partial charge is 0.0839 e. The first-order chi connectivity index (χ1) is 4.83. The summed E-state index contributed by atoms with van der Waals surface area (Å²) in [6, 6.07) is 0. The Morgan fingerprint density at radius 2 is 2.60 bits per heavy atom. The third kappa shape index (κ3) is 1.78. The van der Waals surface area contributed by atoms with Gasteiger partial charge in [0, 0.05) is 13.2 Å². The van der Waals surface area contributed by atoms with Crippen LogP contribution >= 0.6 is 11.6 Å². The van der Waals surface area contributed by atoms with Crippen molar-refractivity contribution < 1.29 is 0 Å². The van der Waals surface area contributed by atoms with E-state index in [-0.39, 0.29) is 0 Å². The van der Waals surface area contributed by atoms with E-state index in [4.69, 9.17) is 11.6 Å². The lowest BCUT2D eigenvalue weighted by Gasteiger charge is -1.78. The molecule has 3 heteroatoms. The van der Waals surface area contributed by atoms with Crippen molar-refractivity contribution in [1.82, 2.24) is 9.78 Å². The molecule has 1 aromatic rings. The predicted octanol–water partition coefficient (Wildman–Crippen LogP) is 1.01. The molecule has 0 amide bonds. The highest BCUT2D eigenvalue weighted by Gasteiger charge is 1.86. The van der Waals surface area contributed by atoms with Crippen LogP contribution in [-0.4, -0.2) is 15.7 Å². The van der Waals surface area contributed by atoms with Gasteiger partial charge in [0.15, 0.2) is 0 Å². The van der Waals surface area contributed by atoms with Crippen LogP contribution in [0.4, 0.5) is 0 Å². The Kier molecular flexibility index (Phi) is 2.35. The van der Waals surface area contributed by atoms with Crippen molar-refractivity contribution in [3.63, 3.8) is 0 Å². The van der Waals surface area contributed by atoms with E-state index in [0.717, 1.165) is 5.56 Å². The molecule has 0 unspecified atom stereocenters. The minimum absolute atomic E-state index is 0.370. The summed E-state index contributed by atoms with van der Waals surface area (Å²) in [7, 11) is 1.85. The van der Waals surface area contributed by atoms with E-state index in [9.17, 15) is 0 Å². The number of aromatic nitrogens is 2. The minimum atomic E-state index is 0.370. The first-order valence-electron chi connectivity index (χ1n) is 2.86. The fourth-order valence-corrected chi connectivity index (χ4v) is 0.688. The Bertz CT molecular complexity index is 267. The SMILES string of the molecule is Cn1cc(C#CCCl)cn1. The van der Waals surface area contributed by atoms with Crippen LogP contribution < -0.4 is 0 Å². The molecule has 0 aliphatic carbocycles. The fraction of sp³-hybridized carbons (Fsp3) is 0.286. The third-order valence-electron chi connectivity index (χ3n) is 1.00. The highest BCUT2D eigenvalue weighted by atomic mass is 35.5. The highest BCUT2D eigenvalue weighted by Crippen LogP contribution is 1.91. The van der Waals surface area contributed by atoms with Gasteiger partial charge in [-0.25, -0.2) is 0 Å². The number of hydrogen-bond acceptors (Lipinski definition) is 1. The zero-order chi connectivity index (χ0) is 7.40. The van der Waals surface area contributed by atoms with Gasteiger partial charge in [-0.05, 0) is 0 Å². The second-order valence-corrected chi connectivity index (χ2v) is 2.11. The molecule has 1 rings (SSSR count). The monoisotopic (exact) mass is 154 g/mol. The molecule has 10 heavy (non-hydrogen) atoms. The van der Waals surface area contributed by atoms with E-state index in [2.05, 4.69) is 16.9 Å². The van der Waals surface area contributed by atoms with Gasteiger partial charge in [-0.1, -0.05) is 11.8 Å². The molecule has 0 radical (unpaired) electrons. The standard InChI is InChI=1S/C7H7ClN2/c1-10-6-7(5-9-10)3-2-4-8/h5-6H,4H2,1H3. The fourth-order valence-electron chi connectivity index (χ4n) is 0.621. The van der Waals surface area contributed by atoms with E-state index >= 15 is 0 Å². The molecular weight excluding hydrogens is 148 g/mol. The van der Waals surface area contributed by atoms with Crippen LogP contribution in [-0.2, 0) is 7.05 Å². The molecule has 0 N–H and O–H groups in total. The zero-order valence-electron chi connectivity index (χ0n) is 5.63. The number of hydrogen-bond donors (Lipinski definition) is 0. The summed E-state index contributed by atoms with van der Waals surface area (Å²) < 4.78 is 1.71. The van der Waals surface area contributed by atoms with Crippen molar-refractivity contribution in [3.05, 3.63) is 18.0 Å². The van der Waals surface area contributed by atoms with Crippen LogP contribution in [0.5, 0.6) is 0 Å². The van der Waals surface area contributed by atoms with Gasteiger partial charge in [-0.2, -0.15) is 5.10 Å². The van der Waals surface area contributed by atoms with Crippen LogP contribution in [0.25, 0.3) is 0 Å². The normalized spacial score (nSPS) is 8.60. The third-order valence-corrected chi connectivity index (χ3v) is 1.14. The molecule has 0 fully saturated rings. The lowest BCUT2D eigenvalue weighted by Crippen LogP contribution is -1.83. The topological polar surface area (TPSA) is 17.8 Å². The molecule has 0 aliphatic heterocycles. The van der Waals surface area contributed by atoms with Crippen LogP contribution in [0.15, 0.2) is 12.4 Å². The number of halogens is 1. The zero-order valence-corrected chi connectivity index (χ0v) is 6.39. The van der Waals surface area contributed by atoms with E-state index < -0.39 is 0 Å². The Labute approximate surface area is 64.8 Å². The molecule has 0 saturated heterocycles. The van der Waals surface area contributed by atoms with Crippen LogP contribution in [0.2, 0.25) is 0 Å². The van der Waals surface area contributed by atoms with Crippen molar-refractivity contribution in [3.8, 4) is 11.8 Å². The van der Waals surface area contributed by atoms with E-state index in [1.165, 1.54) is 0 Å². The minimum Gasteiger partial charge on any atom is -0.275 e. The van der Waals surface area contributed by atoms with E-state index in [1.54, 1.807) is 10.9 Å². The molecular formula is C7H7ClN2. The maximum Gasteiger partial charge on any atom is 0.0839 e. The van der Waals surface area contributed by atoms with E-state index in [1.807, 2.05) is 13.2 Å². The van der Waals surface area contributed by atoms with Gasteiger partial charge in [0.1, 0.15) is 0 Å². The number of nitrogens with zero attached hydrogens (tertiary/aromatic N) is 2. The average Bonchev–Trinajstić information content (AvgIpc) is 2.31. The van der Waals surface area contributed by atoms with Gasteiger partial charge >= 0.3 is 0 Å². The van der Waals surface area contributed by atoms with E-state index in [0.29, 0.717) is 5.88 Å². The van der Waals surface area contributed by atoms with Crippen LogP contribution in [0, 0.1) is 11.8 Å². The van der Waals surface area contributed by atoms with Crippen molar-refractivity contribution in [2.75, 3.05) is 5.88 Å². The van der Waals surface area contributed by atoms with Crippen LogP contribution in [0.1, 0.15) is 5.56 Å². The van der Waals surface area contributed by atoms with Gasteiger partial charge in [0.25, 0.3) is 0 Å². The Hall–Kier alpha value is -0.940. The van der Waals surface area contributed by atoms with Gasteiger partial charge in [0.05, 0.1) is 17.6 Å². The largest absolute Gasteiger partial charge is 0.275 e. The molecule has 1 aromatic heterocycles. The summed E-state index contributed by atoms with van der Waals surface area (Å²) in [5, 5.41) is 3.94. The first-order valence-corrected chi connectivity index (χ1v) is 3.40. The lowest BCUT2D eigenvalue weighted by molar-refractivity contribution is 0.767. The molecule has 52 valence electrons. The average molecular weight is 155 g/mol. The summed E-state index contributed by atoms with van der Waals surface area (Å²) in [6.07, 6.45) is 3.55. The molecule has 0 atom stereocenters. The Morgan fingerprint density at radius 3 is 3.10 bits per heavy atom. The summed E-state index contributed by atoms with van der Waals surface area (Å²) in [4.78, 5) is 0. The molecule has 0 bridgehead atoms. The lowest BCUT2D eigenvalue weighted by atomic mass is 10.4. The van der Waals surface area contributed by atoms with Gasteiger partial charge in [-0.15, -0.1) is 11.6 Å². The number of alkyl halides is 1. The predicted molar refractivity (Wildman–Crippen MR) is 40.8 cm³/mol.